The highest BCUT2D eigenvalue weighted by atomic mass is 19.1. The molecule has 0 atom stereocenters. The molecule has 0 saturated carbocycles. The number of carbonyl (C=O) groups excluding carboxylic acids is 1. The molecule has 19 heavy (non-hydrogen) atoms. The predicted octanol–water partition coefficient (Wildman–Crippen LogP) is 1.85. The molecule has 0 aliphatic heterocycles. The average Bonchev–Trinajstić information content (AvgIpc) is 2.91. The topological polar surface area (TPSA) is 70.1 Å². The number of nitrogens with two attached hydrogens (primary N) is 1. The summed E-state index contributed by atoms with van der Waals surface area (Å²) >= 11 is 0. The van der Waals surface area contributed by atoms with Crippen LogP contribution in [0, 0.1) is 5.82 Å². The second-order valence-electron chi connectivity index (χ2n) is 4.03. The molecule has 0 saturated heterocycles. The number of esters is 1. The first-order chi connectivity index (χ1) is 9.16. The van der Waals surface area contributed by atoms with Gasteiger partial charge >= 0.3 is 5.97 Å². The molecule has 6 heteroatoms. The van der Waals surface area contributed by atoms with Gasteiger partial charge in [0.15, 0.2) is 0 Å². The van der Waals surface area contributed by atoms with Crippen LogP contribution in [0.15, 0.2) is 36.9 Å². The number of anilines is 1. The van der Waals surface area contributed by atoms with Crippen LogP contribution in [0.25, 0.3) is 0 Å². The molecule has 0 radical (unpaired) electrons. The highest BCUT2D eigenvalue weighted by molar-refractivity contribution is 5.89. The SMILES string of the molecule is Nc1ccc(C(=O)OCCCn2ccnc2)cc1F. The summed E-state index contributed by atoms with van der Waals surface area (Å²) in [6.45, 7) is 0.979. The summed E-state index contributed by atoms with van der Waals surface area (Å²) in [5, 5.41) is 0. The third-order valence-electron chi connectivity index (χ3n) is 2.59. The van der Waals surface area contributed by atoms with Crippen LogP contribution in [0.1, 0.15) is 16.8 Å². The van der Waals surface area contributed by atoms with Crippen LogP contribution in [-0.2, 0) is 11.3 Å². The minimum absolute atomic E-state index is 0.0108. The molecule has 0 aliphatic carbocycles. The van der Waals surface area contributed by atoms with E-state index in [0.29, 0.717) is 13.0 Å². The fraction of sp³-hybridized carbons (Fsp3) is 0.231. The van der Waals surface area contributed by atoms with Crippen LogP contribution in [0.5, 0.6) is 0 Å². The van der Waals surface area contributed by atoms with Crippen molar-refractivity contribution in [2.75, 3.05) is 12.3 Å². The Morgan fingerprint density at radius 3 is 3.00 bits per heavy atom. The maximum atomic E-state index is 13.2. The minimum atomic E-state index is -0.618. The number of hydrogen-bond acceptors (Lipinski definition) is 4. The number of rotatable bonds is 5. The lowest BCUT2D eigenvalue weighted by molar-refractivity contribution is 0.0495. The second kappa shape index (κ2) is 5.99. The van der Waals surface area contributed by atoms with Crippen molar-refractivity contribution in [3.63, 3.8) is 0 Å². The smallest absolute Gasteiger partial charge is 0.338 e. The van der Waals surface area contributed by atoms with E-state index in [4.69, 9.17) is 10.5 Å². The first-order valence-electron chi connectivity index (χ1n) is 5.84. The Hall–Kier alpha value is -2.37. The van der Waals surface area contributed by atoms with Gasteiger partial charge in [-0.25, -0.2) is 14.2 Å². The lowest BCUT2D eigenvalue weighted by atomic mass is 10.2. The summed E-state index contributed by atoms with van der Waals surface area (Å²) in [5.41, 5.74) is 5.50. The van der Waals surface area contributed by atoms with Crippen molar-refractivity contribution in [1.82, 2.24) is 9.55 Å². The Morgan fingerprint density at radius 1 is 1.47 bits per heavy atom. The van der Waals surface area contributed by atoms with E-state index in [1.54, 1.807) is 12.5 Å². The first-order valence-corrected chi connectivity index (χ1v) is 5.84. The van der Waals surface area contributed by atoms with Gasteiger partial charge in [0.05, 0.1) is 24.2 Å². The van der Waals surface area contributed by atoms with E-state index >= 15 is 0 Å². The predicted molar refractivity (Wildman–Crippen MR) is 67.9 cm³/mol. The molecule has 100 valence electrons. The first kappa shape index (κ1) is 13.1. The zero-order chi connectivity index (χ0) is 13.7. The van der Waals surface area contributed by atoms with Gasteiger partial charge < -0.3 is 15.0 Å². The third kappa shape index (κ3) is 3.54. The standard InChI is InChI=1S/C13H14FN3O2/c14-11-8-10(2-3-12(11)15)13(18)19-7-1-5-17-6-4-16-9-17/h2-4,6,8-9H,1,5,7,15H2. The van der Waals surface area contributed by atoms with Crippen molar-refractivity contribution in [1.29, 1.82) is 0 Å². The van der Waals surface area contributed by atoms with E-state index in [9.17, 15) is 9.18 Å². The number of hydrogen-bond donors (Lipinski definition) is 1. The van der Waals surface area contributed by atoms with Gasteiger partial charge in [-0.2, -0.15) is 0 Å². The van der Waals surface area contributed by atoms with E-state index in [0.717, 1.165) is 6.07 Å². The number of carbonyl (C=O) groups is 1. The number of benzene rings is 1. The van der Waals surface area contributed by atoms with Gasteiger partial charge in [0, 0.05) is 18.9 Å². The summed E-state index contributed by atoms with van der Waals surface area (Å²) in [6.07, 6.45) is 5.87. The van der Waals surface area contributed by atoms with Gasteiger partial charge in [-0.3, -0.25) is 0 Å². The van der Waals surface area contributed by atoms with E-state index in [1.807, 2.05) is 10.8 Å². The molecule has 0 spiro atoms. The van der Waals surface area contributed by atoms with Gasteiger partial charge in [0.1, 0.15) is 5.82 Å². The number of nitrogens with zero attached hydrogens (tertiary/aromatic N) is 2. The summed E-state index contributed by atoms with van der Waals surface area (Å²) in [7, 11) is 0. The molecule has 0 fully saturated rings. The van der Waals surface area contributed by atoms with E-state index in [1.165, 1.54) is 12.1 Å². The largest absolute Gasteiger partial charge is 0.462 e. The maximum absolute atomic E-state index is 13.2. The Balaban J connectivity index is 1.79. The monoisotopic (exact) mass is 263 g/mol. The average molecular weight is 263 g/mol. The zero-order valence-corrected chi connectivity index (χ0v) is 10.3. The number of aryl methyl sites for hydroxylation is 1. The molecule has 2 N–H and O–H groups in total. The van der Waals surface area contributed by atoms with Crippen LogP contribution < -0.4 is 5.73 Å². The van der Waals surface area contributed by atoms with E-state index in [-0.39, 0.29) is 17.9 Å². The van der Waals surface area contributed by atoms with Gasteiger partial charge in [-0.1, -0.05) is 0 Å². The Morgan fingerprint density at radius 2 is 2.32 bits per heavy atom. The van der Waals surface area contributed by atoms with Gasteiger partial charge in [-0.15, -0.1) is 0 Å². The molecular formula is C13H14FN3O2. The lowest BCUT2D eigenvalue weighted by Crippen LogP contribution is -2.09. The summed E-state index contributed by atoms with van der Waals surface area (Å²) < 4.78 is 20.1. The van der Waals surface area contributed by atoms with Crippen molar-refractivity contribution in [3.8, 4) is 0 Å². The molecular weight excluding hydrogens is 249 g/mol. The molecule has 1 heterocycles. The van der Waals surface area contributed by atoms with Crippen LogP contribution >= 0.6 is 0 Å². The maximum Gasteiger partial charge on any atom is 0.338 e. The third-order valence-corrected chi connectivity index (χ3v) is 2.59. The highest BCUT2D eigenvalue weighted by Crippen LogP contribution is 2.12. The van der Waals surface area contributed by atoms with E-state index in [2.05, 4.69) is 4.98 Å². The fourth-order valence-electron chi connectivity index (χ4n) is 1.57. The summed E-state index contributed by atoms with van der Waals surface area (Å²) in [6, 6.07) is 3.86. The normalized spacial score (nSPS) is 10.4. The number of halogens is 1. The zero-order valence-electron chi connectivity index (χ0n) is 10.3. The summed E-state index contributed by atoms with van der Waals surface area (Å²) in [4.78, 5) is 15.5. The van der Waals surface area contributed by atoms with Gasteiger partial charge in [0.25, 0.3) is 0 Å². The molecule has 2 rings (SSSR count). The van der Waals surface area contributed by atoms with Crippen molar-refractivity contribution >= 4 is 11.7 Å². The molecule has 5 nitrogen and oxygen atoms in total. The van der Waals surface area contributed by atoms with Crippen molar-refractivity contribution in [2.24, 2.45) is 0 Å². The van der Waals surface area contributed by atoms with Crippen LogP contribution in [0.3, 0.4) is 0 Å². The Kier molecular flexibility index (Phi) is 4.12. The van der Waals surface area contributed by atoms with Gasteiger partial charge in [0.2, 0.25) is 0 Å². The molecule has 1 aromatic carbocycles. The molecule has 1 aromatic heterocycles. The van der Waals surface area contributed by atoms with Crippen molar-refractivity contribution in [2.45, 2.75) is 13.0 Å². The number of aromatic nitrogens is 2. The number of ether oxygens (including phenoxy) is 1. The Labute approximate surface area is 109 Å². The highest BCUT2D eigenvalue weighted by Gasteiger charge is 2.09. The molecule has 0 unspecified atom stereocenters. The molecule has 2 aromatic rings. The van der Waals surface area contributed by atoms with Crippen molar-refractivity contribution < 1.29 is 13.9 Å². The molecule has 0 aliphatic rings. The quantitative estimate of drug-likeness (QED) is 0.507. The number of imidazole rings is 1. The molecule has 0 bridgehead atoms. The summed E-state index contributed by atoms with van der Waals surface area (Å²) in [5.74, 6) is -1.17. The minimum Gasteiger partial charge on any atom is -0.462 e. The molecule has 0 amide bonds. The van der Waals surface area contributed by atoms with Crippen LogP contribution in [0.4, 0.5) is 10.1 Å². The van der Waals surface area contributed by atoms with Crippen molar-refractivity contribution in [3.05, 3.63) is 48.3 Å². The van der Waals surface area contributed by atoms with Gasteiger partial charge in [-0.05, 0) is 24.6 Å². The number of nitrogen functional groups attached to an aromatic ring is 1. The van der Waals surface area contributed by atoms with Crippen LogP contribution in [0.2, 0.25) is 0 Å². The fourth-order valence-corrected chi connectivity index (χ4v) is 1.57. The van der Waals surface area contributed by atoms with E-state index < -0.39 is 11.8 Å². The Bertz CT molecular complexity index is 555. The lowest BCUT2D eigenvalue weighted by Gasteiger charge is -2.06. The van der Waals surface area contributed by atoms with Crippen LogP contribution in [-0.4, -0.2) is 22.1 Å². The second-order valence-corrected chi connectivity index (χ2v) is 4.03.